The first-order valence-corrected chi connectivity index (χ1v) is 5.59. The van der Waals surface area contributed by atoms with Crippen molar-refractivity contribution in [2.45, 2.75) is 13.5 Å². The number of carbonyl (C=O) groups is 1. The summed E-state index contributed by atoms with van der Waals surface area (Å²) in [5.41, 5.74) is 0.994. The number of thiazole rings is 1. The van der Waals surface area contributed by atoms with Gasteiger partial charge in [-0.25, -0.2) is 4.98 Å². The third kappa shape index (κ3) is 4.71. The van der Waals surface area contributed by atoms with Gasteiger partial charge >= 0.3 is 0 Å². The Kier molecular flexibility index (Phi) is 5.00. The Morgan fingerprint density at radius 2 is 2.53 bits per heavy atom. The monoisotopic (exact) mass is 225 g/mol. The molecule has 1 amide bonds. The first-order chi connectivity index (χ1) is 7.22. The third-order valence-electron chi connectivity index (χ3n) is 1.68. The van der Waals surface area contributed by atoms with Crippen molar-refractivity contribution >= 4 is 17.2 Å². The number of aryl methyl sites for hydroxylation is 1. The molecule has 0 spiro atoms. The minimum absolute atomic E-state index is 0.0234. The van der Waals surface area contributed by atoms with E-state index in [1.165, 1.54) is 0 Å². The van der Waals surface area contributed by atoms with E-state index in [0.717, 1.165) is 10.7 Å². The Labute approximate surface area is 93.4 Å². The van der Waals surface area contributed by atoms with Crippen LogP contribution in [0.4, 0.5) is 0 Å². The van der Waals surface area contributed by atoms with Crippen molar-refractivity contribution < 1.29 is 4.79 Å². The van der Waals surface area contributed by atoms with Gasteiger partial charge in [0.2, 0.25) is 5.91 Å². The lowest BCUT2D eigenvalue weighted by Gasteiger charge is -2.02. The molecule has 0 saturated heterocycles. The molecule has 0 radical (unpaired) electrons. The fraction of sp³-hybridized carbons (Fsp3) is 0.400. The van der Waals surface area contributed by atoms with E-state index < -0.39 is 0 Å². The zero-order valence-corrected chi connectivity index (χ0v) is 9.56. The summed E-state index contributed by atoms with van der Waals surface area (Å²) in [4.78, 5) is 15.5. The molecular formula is C10H15N3OS. The minimum Gasteiger partial charge on any atom is -0.348 e. The van der Waals surface area contributed by atoms with Crippen LogP contribution in [0.25, 0.3) is 0 Å². The van der Waals surface area contributed by atoms with E-state index in [-0.39, 0.29) is 5.91 Å². The van der Waals surface area contributed by atoms with E-state index >= 15 is 0 Å². The molecule has 82 valence electrons. The van der Waals surface area contributed by atoms with Crippen molar-refractivity contribution in [2.24, 2.45) is 0 Å². The van der Waals surface area contributed by atoms with Gasteiger partial charge in [-0.05, 0) is 6.92 Å². The standard InChI is InChI=1S/C10H15N3OS/c1-3-4-11-5-9(14)12-6-10-13-8(2)7-15-10/h3,7,11H,1,4-6H2,2H3,(H,12,14). The summed E-state index contributed by atoms with van der Waals surface area (Å²) in [6.45, 7) is 6.95. The molecule has 0 fully saturated rings. The average molecular weight is 225 g/mol. The molecule has 0 aromatic carbocycles. The second-order valence-corrected chi connectivity index (χ2v) is 4.02. The molecule has 0 saturated carbocycles. The largest absolute Gasteiger partial charge is 0.348 e. The molecule has 4 nitrogen and oxygen atoms in total. The molecule has 1 heterocycles. The zero-order chi connectivity index (χ0) is 11.1. The average Bonchev–Trinajstić information content (AvgIpc) is 2.62. The summed E-state index contributed by atoms with van der Waals surface area (Å²) >= 11 is 1.56. The van der Waals surface area contributed by atoms with Gasteiger partial charge in [0.15, 0.2) is 0 Å². The van der Waals surface area contributed by atoms with Crippen LogP contribution in [-0.4, -0.2) is 24.0 Å². The van der Waals surface area contributed by atoms with Crippen LogP contribution < -0.4 is 10.6 Å². The van der Waals surface area contributed by atoms with E-state index in [0.29, 0.717) is 19.6 Å². The molecule has 0 bridgehead atoms. The first-order valence-electron chi connectivity index (χ1n) is 4.71. The maximum Gasteiger partial charge on any atom is 0.234 e. The van der Waals surface area contributed by atoms with Crippen molar-refractivity contribution in [3.8, 4) is 0 Å². The number of amides is 1. The summed E-state index contributed by atoms with van der Waals surface area (Å²) in [5.74, 6) is -0.0234. The highest BCUT2D eigenvalue weighted by Crippen LogP contribution is 2.07. The number of aromatic nitrogens is 1. The van der Waals surface area contributed by atoms with Gasteiger partial charge in [-0.2, -0.15) is 0 Å². The van der Waals surface area contributed by atoms with Crippen LogP contribution in [0.2, 0.25) is 0 Å². The Bertz CT molecular complexity index is 335. The molecule has 1 aromatic heterocycles. The molecule has 0 atom stereocenters. The summed E-state index contributed by atoms with van der Waals surface area (Å²) in [6, 6.07) is 0. The van der Waals surface area contributed by atoms with Gasteiger partial charge in [-0.15, -0.1) is 17.9 Å². The number of hydrogen-bond acceptors (Lipinski definition) is 4. The van der Waals surface area contributed by atoms with Crippen LogP contribution in [0.1, 0.15) is 10.7 Å². The van der Waals surface area contributed by atoms with Crippen molar-refractivity contribution in [1.29, 1.82) is 0 Å². The maximum absolute atomic E-state index is 11.3. The highest BCUT2D eigenvalue weighted by atomic mass is 32.1. The van der Waals surface area contributed by atoms with Crippen LogP contribution in [0.5, 0.6) is 0 Å². The lowest BCUT2D eigenvalue weighted by molar-refractivity contribution is -0.120. The molecule has 1 aromatic rings. The Balaban J connectivity index is 2.19. The van der Waals surface area contributed by atoms with Crippen molar-refractivity contribution in [2.75, 3.05) is 13.1 Å². The first kappa shape index (κ1) is 11.9. The fourth-order valence-corrected chi connectivity index (χ4v) is 1.72. The van der Waals surface area contributed by atoms with Crippen LogP contribution in [0, 0.1) is 6.92 Å². The quantitative estimate of drug-likeness (QED) is 0.557. The Hall–Kier alpha value is -1.20. The summed E-state index contributed by atoms with van der Waals surface area (Å²) < 4.78 is 0. The van der Waals surface area contributed by atoms with E-state index in [4.69, 9.17) is 0 Å². The molecule has 0 unspecified atom stereocenters. The van der Waals surface area contributed by atoms with Crippen molar-refractivity contribution in [1.82, 2.24) is 15.6 Å². The van der Waals surface area contributed by atoms with Crippen LogP contribution in [0.15, 0.2) is 18.0 Å². The van der Waals surface area contributed by atoms with Gasteiger partial charge in [-0.1, -0.05) is 6.08 Å². The van der Waals surface area contributed by atoms with E-state index in [2.05, 4.69) is 22.2 Å². The van der Waals surface area contributed by atoms with Gasteiger partial charge < -0.3 is 10.6 Å². The molecule has 5 heteroatoms. The van der Waals surface area contributed by atoms with Crippen LogP contribution in [0.3, 0.4) is 0 Å². The predicted molar refractivity (Wildman–Crippen MR) is 61.8 cm³/mol. The van der Waals surface area contributed by atoms with Crippen LogP contribution in [-0.2, 0) is 11.3 Å². The van der Waals surface area contributed by atoms with Gasteiger partial charge in [0, 0.05) is 17.6 Å². The normalized spacial score (nSPS) is 9.93. The molecule has 0 aliphatic carbocycles. The van der Waals surface area contributed by atoms with Crippen molar-refractivity contribution in [3.63, 3.8) is 0 Å². The third-order valence-corrected chi connectivity index (χ3v) is 2.64. The highest BCUT2D eigenvalue weighted by molar-refractivity contribution is 7.09. The van der Waals surface area contributed by atoms with E-state index in [1.807, 2.05) is 12.3 Å². The van der Waals surface area contributed by atoms with Crippen molar-refractivity contribution in [3.05, 3.63) is 28.7 Å². The molecule has 0 aliphatic rings. The van der Waals surface area contributed by atoms with E-state index in [9.17, 15) is 4.79 Å². The van der Waals surface area contributed by atoms with Gasteiger partial charge in [-0.3, -0.25) is 4.79 Å². The number of carbonyl (C=O) groups excluding carboxylic acids is 1. The molecule has 2 N–H and O–H groups in total. The van der Waals surface area contributed by atoms with E-state index in [1.54, 1.807) is 17.4 Å². The maximum atomic E-state index is 11.3. The minimum atomic E-state index is -0.0234. The smallest absolute Gasteiger partial charge is 0.234 e. The van der Waals surface area contributed by atoms with Crippen LogP contribution >= 0.6 is 11.3 Å². The summed E-state index contributed by atoms with van der Waals surface area (Å²) in [6.07, 6.45) is 1.72. The second-order valence-electron chi connectivity index (χ2n) is 3.08. The lowest BCUT2D eigenvalue weighted by atomic mass is 10.5. The SMILES string of the molecule is C=CCNCC(=O)NCc1nc(C)cs1. The molecule has 0 aliphatic heterocycles. The summed E-state index contributed by atoms with van der Waals surface area (Å²) in [5, 5.41) is 8.62. The number of nitrogens with zero attached hydrogens (tertiary/aromatic N) is 1. The number of rotatable bonds is 6. The topological polar surface area (TPSA) is 54.0 Å². The fourth-order valence-electron chi connectivity index (χ4n) is 1.01. The summed E-state index contributed by atoms with van der Waals surface area (Å²) in [7, 11) is 0. The highest BCUT2D eigenvalue weighted by Gasteiger charge is 2.02. The number of nitrogens with one attached hydrogen (secondary N) is 2. The Morgan fingerprint density at radius 3 is 3.13 bits per heavy atom. The molecule has 15 heavy (non-hydrogen) atoms. The van der Waals surface area contributed by atoms with Gasteiger partial charge in [0.1, 0.15) is 5.01 Å². The molecular weight excluding hydrogens is 210 g/mol. The van der Waals surface area contributed by atoms with Gasteiger partial charge in [0.05, 0.1) is 13.1 Å². The predicted octanol–water partition coefficient (Wildman–Crippen LogP) is 0.843. The van der Waals surface area contributed by atoms with Gasteiger partial charge in [0.25, 0.3) is 0 Å². The second kappa shape index (κ2) is 6.31. The lowest BCUT2D eigenvalue weighted by Crippen LogP contribution is -2.33. The Morgan fingerprint density at radius 1 is 1.73 bits per heavy atom. The number of hydrogen-bond donors (Lipinski definition) is 2. The zero-order valence-electron chi connectivity index (χ0n) is 8.75. The molecule has 1 rings (SSSR count).